The Morgan fingerprint density at radius 1 is 1.33 bits per heavy atom. The molecule has 1 fully saturated rings. The predicted octanol–water partition coefficient (Wildman–Crippen LogP) is 1.35. The molecule has 2 aromatic rings. The maximum Gasteiger partial charge on any atom is 0.223 e. The zero-order chi connectivity index (χ0) is 16.9. The first-order valence-electron chi connectivity index (χ1n) is 8.42. The predicted molar refractivity (Wildman–Crippen MR) is 89.1 cm³/mol. The third-order valence-corrected chi connectivity index (χ3v) is 4.63. The first-order chi connectivity index (χ1) is 11.7. The quantitative estimate of drug-likeness (QED) is 0.864. The van der Waals surface area contributed by atoms with Crippen molar-refractivity contribution >= 4 is 5.91 Å². The van der Waals surface area contributed by atoms with Crippen LogP contribution in [0.3, 0.4) is 0 Å². The van der Waals surface area contributed by atoms with Gasteiger partial charge in [0.05, 0.1) is 13.2 Å². The SMILES string of the molecule is CNC(=O)[C@@H]1CCCC[C@@H]1c1nc(-c2ccncc2)nn1CCO. The fourth-order valence-corrected chi connectivity index (χ4v) is 3.45. The summed E-state index contributed by atoms with van der Waals surface area (Å²) >= 11 is 0. The number of aliphatic hydroxyl groups excluding tert-OH is 1. The second-order valence-electron chi connectivity index (χ2n) is 6.09. The Labute approximate surface area is 141 Å². The van der Waals surface area contributed by atoms with E-state index in [0.29, 0.717) is 12.4 Å². The summed E-state index contributed by atoms with van der Waals surface area (Å²) in [5.74, 6) is 1.42. The van der Waals surface area contributed by atoms with Crippen LogP contribution in [0.15, 0.2) is 24.5 Å². The highest BCUT2D eigenvalue weighted by Gasteiger charge is 2.35. The van der Waals surface area contributed by atoms with Crippen molar-refractivity contribution in [2.24, 2.45) is 5.92 Å². The fourth-order valence-electron chi connectivity index (χ4n) is 3.45. The molecular weight excluding hydrogens is 306 g/mol. The molecule has 3 rings (SSSR count). The summed E-state index contributed by atoms with van der Waals surface area (Å²) < 4.78 is 1.75. The van der Waals surface area contributed by atoms with E-state index in [1.165, 1.54) is 0 Å². The molecule has 0 saturated heterocycles. The van der Waals surface area contributed by atoms with E-state index in [1.54, 1.807) is 24.1 Å². The summed E-state index contributed by atoms with van der Waals surface area (Å²) in [6.07, 6.45) is 7.32. The van der Waals surface area contributed by atoms with Gasteiger partial charge in [-0.1, -0.05) is 12.8 Å². The van der Waals surface area contributed by atoms with Crippen molar-refractivity contribution in [2.75, 3.05) is 13.7 Å². The fraction of sp³-hybridized carbons (Fsp3) is 0.529. The van der Waals surface area contributed by atoms with Crippen molar-refractivity contribution in [2.45, 2.75) is 38.1 Å². The van der Waals surface area contributed by atoms with E-state index in [0.717, 1.165) is 37.1 Å². The minimum absolute atomic E-state index is 0.0104. The Hall–Kier alpha value is -2.28. The van der Waals surface area contributed by atoms with Crippen molar-refractivity contribution in [3.8, 4) is 11.4 Å². The number of aliphatic hydroxyl groups is 1. The van der Waals surface area contributed by atoms with E-state index in [-0.39, 0.29) is 24.3 Å². The first-order valence-corrected chi connectivity index (χ1v) is 8.42. The lowest BCUT2D eigenvalue weighted by atomic mass is 9.78. The number of nitrogens with zero attached hydrogens (tertiary/aromatic N) is 4. The van der Waals surface area contributed by atoms with Crippen molar-refractivity contribution in [3.05, 3.63) is 30.4 Å². The number of nitrogens with one attached hydrogen (secondary N) is 1. The Morgan fingerprint density at radius 3 is 2.79 bits per heavy atom. The molecule has 0 unspecified atom stereocenters. The average molecular weight is 329 g/mol. The number of carbonyl (C=O) groups is 1. The summed E-state index contributed by atoms with van der Waals surface area (Å²) in [5, 5.41) is 16.7. The summed E-state index contributed by atoms with van der Waals surface area (Å²) in [6.45, 7) is 0.369. The minimum atomic E-state index is -0.0873. The highest BCUT2D eigenvalue weighted by atomic mass is 16.3. The van der Waals surface area contributed by atoms with Crippen molar-refractivity contribution in [1.29, 1.82) is 0 Å². The van der Waals surface area contributed by atoms with Crippen LogP contribution in [0.1, 0.15) is 37.4 Å². The molecule has 0 aromatic carbocycles. The first kappa shape index (κ1) is 16.6. The third-order valence-electron chi connectivity index (χ3n) is 4.63. The van der Waals surface area contributed by atoms with Crippen LogP contribution in [0.25, 0.3) is 11.4 Å². The maximum absolute atomic E-state index is 12.3. The van der Waals surface area contributed by atoms with Crippen molar-refractivity contribution in [1.82, 2.24) is 25.1 Å². The van der Waals surface area contributed by atoms with Crippen LogP contribution in [0.5, 0.6) is 0 Å². The molecule has 2 aromatic heterocycles. The lowest BCUT2D eigenvalue weighted by Gasteiger charge is -2.29. The van der Waals surface area contributed by atoms with Gasteiger partial charge >= 0.3 is 0 Å². The normalized spacial score (nSPS) is 20.8. The number of hydrogen-bond donors (Lipinski definition) is 2. The van der Waals surface area contributed by atoms with E-state index >= 15 is 0 Å². The molecule has 128 valence electrons. The van der Waals surface area contributed by atoms with Gasteiger partial charge in [0, 0.05) is 36.8 Å². The van der Waals surface area contributed by atoms with Gasteiger partial charge in [-0.3, -0.25) is 9.78 Å². The average Bonchev–Trinajstić information content (AvgIpc) is 3.06. The van der Waals surface area contributed by atoms with Gasteiger partial charge in [-0.15, -0.1) is 0 Å². The molecule has 1 aliphatic rings. The van der Waals surface area contributed by atoms with E-state index in [2.05, 4.69) is 15.4 Å². The molecule has 2 atom stereocenters. The van der Waals surface area contributed by atoms with Crippen LogP contribution in [0, 0.1) is 5.92 Å². The second-order valence-corrected chi connectivity index (χ2v) is 6.09. The van der Waals surface area contributed by atoms with Crippen LogP contribution in [0.2, 0.25) is 0 Å². The van der Waals surface area contributed by atoms with Gasteiger partial charge in [0.2, 0.25) is 5.91 Å². The molecule has 7 heteroatoms. The number of pyridine rings is 1. The lowest BCUT2D eigenvalue weighted by molar-refractivity contribution is -0.126. The number of aromatic nitrogens is 4. The highest BCUT2D eigenvalue weighted by molar-refractivity contribution is 5.79. The molecule has 1 saturated carbocycles. The zero-order valence-electron chi connectivity index (χ0n) is 13.9. The number of amides is 1. The van der Waals surface area contributed by atoms with E-state index in [4.69, 9.17) is 4.98 Å². The molecule has 1 aliphatic carbocycles. The van der Waals surface area contributed by atoms with Crippen LogP contribution in [-0.4, -0.2) is 44.4 Å². The van der Waals surface area contributed by atoms with Crippen LogP contribution in [0.4, 0.5) is 0 Å². The number of rotatable bonds is 5. The Morgan fingerprint density at radius 2 is 2.08 bits per heavy atom. The monoisotopic (exact) mass is 329 g/mol. The summed E-state index contributed by atoms with van der Waals surface area (Å²) in [6, 6.07) is 3.72. The largest absolute Gasteiger partial charge is 0.394 e. The molecule has 2 heterocycles. The smallest absolute Gasteiger partial charge is 0.223 e. The van der Waals surface area contributed by atoms with Gasteiger partial charge in [-0.2, -0.15) is 5.10 Å². The topological polar surface area (TPSA) is 92.9 Å². The van der Waals surface area contributed by atoms with Gasteiger partial charge in [0.15, 0.2) is 5.82 Å². The van der Waals surface area contributed by atoms with Crippen molar-refractivity contribution in [3.63, 3.8) is 0 Å². The second kappa shape index (κ2) is 7.53. The van der Waals surface area contributed by atoms with Gasteiger partial charge < -0.3 is 10.4 Å². The number of carbonyl (C=O) groups excluding carboxylic acids is 1. The van der Waals surface area contributed by atoms with E-state index in [9.17, 15) is 9.90 Å². The van der Waals surface area contributed by atoms with Crippen molar-refractivity contribution < 1.29 is 9.90 Å². The van der Waals surface area contributed by atoms with Crippen LogP contribution >= 0.6 is 0 Å². The van der Waals surface area contributed by atoms with Crippen LogP contribution < -0.4 is 5.32 Å². The Balaban J connectivity index is 1.98. The van der Waals surface area contributed by atoms with Crippen LogP contribution in [-0.2, 0) is 11.3 Å². The van der Waals surface area contributed by atoms with E-state index in [1.807, 2.05) is 12.1 Å². The molecule has 0 radical (unpaired) electrons. The summed E-state index contributed by atoms with van der Waals surface area (Å²) in [5.41, 5.74) is 0.884. The minimum Gasteiger partial charge on any atom is -0.394 e. The molecule has 0 spiro atoms. The summed E-state index contributed by atoms with van der Waals surface area (Å²) in [4.78, 5) is 21.0. The standard InChI is InChI=1S/C17H23N5O2/c1-18-17(24)14-5-3-2-4-13(14)16-20-15(21-22(16)10-11-23)12-6-8-19-9-7-12/h6-9,13-14,23H,2-5,10-11H2,1H3,(H,18,24)/t13-,14+/m0/s1. The van der Waals surface area contributed by atoms with Gasteiger partial charge in [0.25, 0.3) is 0 Å². The maximum atomic E-state index is 12.3. The van der Waals surface area contributed by atoms with Gasteiger partial charge in [-0.25, -0.2) is 9.67 Å². The molecule has 7 nitrogen and oxygen atoms in total. The molecule has 1 amide bonds. The Kier molecular flexibility index (Phi) is 5.20. The Bertz CT molecular complexity index is 686. The molecule has 0 bridgehead atoms. The molecular formula is C17H23N5O2. The van der Waals surface area contributed by atoms with E-state index < -0.39 is 0 Å². The lowest BCUT2D eigenvalue weighted by Crippen LogP contribution is -2.35. The third kappa shape index (κ3) is 3.31. The van der Waals surface area contributed by atoms with Gasteiger partial charge in [0.1, 0.15) is 5.82 Å². The summed E-state index contributed by atoms with van der Waals surface area (Å²) in [7, 11) is 1.68. The molecule has 2 N–H and O–H groups in total. The number of hydrogen-bond acceptors (Lipinski definition) is 5. The highest BCUT2D eigenvalue weighted by Crippen LogP contribution is 2.37. The van der Waals surface area contributed by atoms with Gasteiger partial charge in [-0.05, 0) is 25.0 Å². The molecule has 0 aliphatic heterocycles. The zero-order valence-corrected chi connectivity index (χ0v) is 13.9. The molecule has 24 heavy (non-hydrogen) atoms.